The molecule has 0 radical (unpaired) electrons. The van der Waals surface area contributed by atoms with Crippen LogP contribution in [0.1, 0.15) is 52.7 Å². The van der Waals surface area contributed by atoms with Crippen LogP contribution in [-0.4, -0.2) is 50.9 Å². The van der Waals surface area contributed by atoms with E-state index in [-0.39, 0.29) is 36.6 Å². The van der Waals surface area contributed by atoms with Crippen molar-refractivity contribution in [3.05, 3.63) is 63.1 Å². The minimum atomic E-state index is -5.21. The summed E-state index contributed by atoms with van der Waals surface area (Å²) in [5.41, 5.74) is -3.72. The Hall–Kier alpha value is -3.48. The van der Waals surface area contributed by atoms with Crippen molar-refractivity contribution in [2.45, 2.75) is 57.4 Å². The molecule has 5 rings (SSSR count). The van der Waals surface area contributed by atoms with Gasteiger partial charge in [-0.3, -0.25) is 14.4 Å². The molecule has 2 aromatic rings. The van der Waals surface area contributed by atoms with Crippen LogP contribution >= 0.6 is 0 Å². The lowest BCUT2D eigenvalue weighted by Crippen LogP contribution is -2.58. The maximum absolute atomic E-state index is 14.1. The van der Waals surface area contributed by atoms with Gasteiger partial charge in [-0.2, -0.15) is 13.2 Å². The van der Waals surface area contributed by atoms with Crippen molar-refractivity contribution in [1.82, 2.24) is 14.8 Å². The number of nitrogens with one attached hydrogen (secondary N) is 1. The molecule has 0 spiro atoms. The third-order valence-corrected chi connectivity index (χ3v) is 7.66. The molecule has 1 saturated carbocycles. The number of rotatable bonds is 3. The Labute approximate surface area is 206 Å². The Balaban J connectivity index is 1.50. The van der Waals surface area contributed by atoms with Gasteiger partial charge in [0.2, 0.25) is 5.43 Å². The van der Waals surface area contributed by atoms with Crippen LogP contribution in [0.5, 0.6) is 5.75 Å². The highest BCUT2D eigenvalue weighted by molar-refractivity contribution is 5.99. The van der Waals surface area contributed by atoms with Gasteiger partial charge in [0.05, 0.1) is 12.6 Å². The zero-order valence-electron chi connectivity index (χ0n) is 19.6. The quantitative estimate of drug-likeness (QED) is 0.598. The molecule has 2 aliphatic heterocycles. The molecule has 6 atom stereocenters. The van der Waals surface area contributed by atoms with Crippen molar-refractivity contribution in [1.29, 1.82) is 0 Å². The fourth-order valence-corrected chi connectivity index (χ4v) is 5.55. The lowest BCUT2D eigenvalue weighted by Gasteiger charge is -2.45. The molecular formula is C24H22F5N3O5. The maximum Gasteiger partial charge on any atom is 0.412 e. The molecule has 13 heteroatoms. The second-order valence-electron chi connectivity index (χ2n) is 9.70. The molecule has 1 saturated heterocycles. The number of hydrogen-bond donors (Lipinski definition) is 2. The van der Waals surface area contributed by atoms with E-state index in [0.717, 1.165) is 10.8 Å². The zero-order chi connectivity index (χ0) is 27.0. The van der Waals surface area contributed by atoms with Crippen LogP contribution in [0.2, 0.25) is 0 Å². The summed E-state index contributed by atoms with van der Waals surface area (Å²) in [4.78, 5) is 40.4. The van der Waals surface area contributed by atoms with E-state index in [0.29, 0.717) is 18.6 Å². The Kier molecular flexibility index (Phi) is 5.81. The number of benzene rings is 1. The SMILES string of the molecule is CC1C2CC([C@H]1C)N1C(=O)c3c(O)c(=O)c(C(=O)N[C@@H](c4ccc(F)cc4F)C(F)(F)F)cn3C[C@@H]1O2. The Morgan fingerprint density at radius 2 is 1.89 bits per heavy atom. The number of aromatic hydroxyl groups is 1. The summed E-state index contributed by atoms with van der Waals surface area (Å²) in [6.45, 7) is 3.90. The first-order chi connectivity index (χ1) is 17.3. The predicted octanol–water partition coefficient (Wildman–Crippen LogP) is 3.09. The van der Waals surface area contributed by atoms with E-state index < -0.39 is 69.9 Å². The molecule has 2 fully saturated rings. The molecule has 8 nitrogen and oxygen atoms in total. The molecule has 37 heavy (non-hydrogen) atoms. The summed E-state index contributed by atoms with van der Waals surface area (Å²) in [6.07, 6.45) is -4.62. The summed E-state index contributed by atoms with van der Waals surface area (Å²) >= 11 is 0. The van der Waals surface area contributed by atoms with E-state index >= 15 is 0 Å². The van der Waals surface area contributed by atoms with Crippen molar-refractivity contribution in [2.75, 3.05) is 0 Å². The molecule has 1 aliphatic carbocycles. The molecule has 2 N–H and O–H groups in total. The monoisotopic (exact) mass is 527 g/mol. The number of ether oxygens (including phenoxy) is 1. The number of hydrogen-bond acceptors (Lipinski definition) is 5. The fraction of sp³-hybridized carbons (Fsp3) is 0.458. The number of fused-ring (bicyclic) bond motifs is 5. The summed E-state index contributed by atoms with van der Waals surface area (Å²) in [5, 5.41) is 12.1. The molecular weight excluding hydrogens is 505 g/mol. The fourth-order valence-electron chi connectivity index (χ4n) is 5.55. The summed E-state index contributed by atoms with van der Waals surface area (Å²) in [6, 6.07) is -1.74. The summed E-state index contributed by atoms with van der Waals surface area (Å²) in [7, 11) is 0. The van der Waals surface area contributed by atoms with Crippen LogP contribution < -0.4 is 10.7 Å². The van der Waals surface area contributed by atoms with E-state index in [1.807, 2.05) is 13.8 Å². The second-order valence-corrected chi connectivity index (χ2v) is 9.70. The van der Waals surface area contributed by atoms with Crippen molar-refractivity contribution < 1.29 is 41.4 Å². The number of nitrogens with zero attached hydrogens (tertiary/aromatic N) is 2. The minimum absolute atomic E-state index is 0.0725. The first kappa shape index (κ1) is 25.2. The molecule has 1 aromatic heterocycles. The second kappa shape index (κ2) is 8.54. The first-order valence-electron chi connectivity index (χ1n) is 11.6. The van der Waals surface area contributed by atoms with E-state index in [9.17, 15) is 41.4 Å². The van der Waals surface area contributed by atoms with E-state index in [1.54, 1.807) is 5.32 Å². The van der Waals surface area contributed by atoms with Gasteiger partial charge in [0, 0.05) is 23.9 Å². The van der Waals surface area contributed by atoms with Gasteiger partial charge in [-0.15, -0.1) is 0 Å². The van der Waals surface area contributed by atoms with Crippen LogP contribution in [-0.2, 0) is 11.3 Å². The van der Waals surface area contributed by atoms with Crippen LogP contribution in [0.4, 0.5) is 22.0 Å². The minimum Gasteiger partial charge on any atom is -0.503 e. The van der Waals surface area contributed by atoms with Gasteiger partial charge in [0.25, 0.3) is 11.8 Å². The largest absolute Gasteiger partial charge is 0.503 e. The zero-order valence-corrected chi connectivity index (χ0v) is 19.6. The highest BCUT2D eigenvalue weighted by Crippen LogP contribution is 2.45. The predicted molar refractivity (Wildman–Crippen MR) is 117 cm³/mol. The molecule has 2 amide bonds. The number of carbonyl (C=O) groups is 2. The average Bonchev–Trinajstić information content (AvgIpc) is 3.03. The van der Waals surface area contributed by atoms with E-state index in [2.05, 4.69) is 0 Å². The van der Waals surface area contributed by atoms with Crippen LogP contribution in [0, 0.1) is 23.5 Å². The smallest absolute Gasteiger partial charge is 0.412 e. The first-order valence-corrected chi connectivity index (χ1v) is 11.6. The van der Waals surface area contributed by atoms with Crippen molar-refractivity contribution in [2.24, 2.45) is 11.8 Å². The third-order valence-electron chi connectivity index (χ3n) is 7.66. The molecule has 3 heterocycles. The summed E-state index contributed by atoms with van der Waals surface area (Å²) in [5.74, 6) is -5.78. The van der Waals surface area contributed by atoms with E-state index in [4.69, 9.17) is 4.74 Å². The lowest BCUT2D eigenvalue weighted by atomic mass is 9.96. The molecule has 2 bridgehead atoms. The molecule has 1 aromatic carbocycles. The lowest BCUT2D eigenvalue weighted by molar-refractivity contribution is -0.155. The summed E-state index contributed by atoms with van der Waals surface area (Å²) < 4.78 is 75.7. The standard InChI is InChI=1S/C24H22F5N3O5/c1-9-10(2)16-6-15(9)32-17(37-16)8-31-7-13(19(33)20(34)18(31)23(32)36)22(35)30-21(24(27,28)29)12-4-3-11(25)5-14(12)26/h3-5,7,9-10,15-17,21,34H,6,8H2,1-2H3,(H,30,35)/t9-,10?,15?,16?,17-,21-/m0/s1. The Morgan fingerprint density at radius 1 is 1.19 bits per heavy atom. The van der Waals surface area contributed by atoms with Gasteiger partial charge in [0.1, 0.15) is 17.2 Å². The highest BCUT2D eigenvalue weighted by atomic mass is 19.4. The van der Waals surface area contributed by atoms with Gasteiger partial charge in [0.15, 0.2) is 23.7 Å². The molecule has 3 aliphatic rings. The van der Waals surface area contributed by atoms with Crippen LogP contribution in [0.3, 0.4) is 0 Å². The van der Waals surface area contributed by atoms with Gasteiger partial charge in [-0.25, -0.2) is 8.78 Å². The topological polar surface area (TPSA) is 101 Å². The van der Waals surface area contributed by atoms with Gasteiger partial charge in [-0.1, -0.05) is 19.9 Å². The number of carbonyl (C=O) groups excluding carboxylic acids is 2. The van der Waals surface area contributed by atoms with Gasteiger partial charge < -0.3 is 24.6 Å². The van der Waals surface area contributed by atoms with Crippen molar-refractivity contribution in [3.8, 4) is 5.75 Å². The van der Waals surface area contributed by atoms with E-state index in [1.165, 1.54) is 4.90 Å². The Bertz CT molecular complexity index is 1360. The average molecular weight is 527 g/mol. The number of aromatic nitrogens is 1. The van der Waals surface area contributed by atoms with Gasteiger partial charge in [-0.05, 0) is 24.3 Å². The molecule has 3 unspecified atom stereocenters. The number of alkyl halides is 3. The number of halogens is 5. The number of amides is 2. The van der Waals surface area contributed by atoms with Crippen molar-refractivity contribution in [3.63, 3.8) is 0 Å². The van der Waals surface area contributed by atoms with Crippen LogP contribution in [0.15, 0.2) is 29.2 Å². The maximum atomic E-state index is 14.1. The van der Waals surface area contributed by atoms with Crippen molar-refractivity contribution >= 4 is 11.8 Å². The van der Waals surface area contributed by atoms with Gasteiger partial charge >= 0.3 is 6.18 Å². The third kappa shape index (κ3) is 3.95. The highest BCUT2D eigenvalue weighted by Gasteiger charge is 2.53. The Morgan fingerprint density at radius 3 is 2.54 bits per heavy atom. The van der Waals surface area contributed by atoms with Crippen LogP contribution in [0.25, 0.3) is 0 Å². The number of pyridine rings is 1. The normalized spacial score (nSPS) is 27.5. The molecule has 198 valence electrons.